The molecule has 0 spiro atoms. The molecule has 0 aliphatic rings. The van der Waals surface area contributed by atoms with Gasteiger partial charge in [0.25, 0.3) is 5.91 Å². The Labute approximate surface area is 101 Å². The van der Waals surface area contributed by atoms with Gasteiger partial charge in [-0.25, -0.2) is 4.98 Å². The van der Waals surface area contributed by atoms with Gasteiger partial charge in [-0.05, 0) is 13.3 Å². The number of carbonyl (C=O) groups excluding carboxylic acids is 1. The Kier molecular flexibility index (Phi) is 5.09. The molecule has 1 amide bonds. The molecule has 0 saturated heterocycles. The number of hydrogen-bond acceptors (Lipinski definition) is 4. The van der Waals surface area contributed by atoms with Crippen molar-refractivity contribution in [1.82, 2.24) is 20.1 Å². The molecule has 0 fully saturated rings. The van der Waals surface area contributed by atoms with Crippen LogP contribution in [0.1, 0.15) is 49.6 Å². The fraction of sp³-hybridized carbons (Fsp3) is 0.727. The third-order valence-corrected chi connectivity index (χ3v) is 2.50. The Bertz CT molecular complexity index is 362. The molecule has 0 aliphatic heterocycles. The van der Waals surface area contributed by atoms with Crippen molar-refractivity contribution in [3.05, 3.63) is 11.6 Å². The molecule has 0 bridgehead atoms. The lowest BCUT2D eigenvalue weighted by molar-refractivity contribution is 0.0742. The second-order valence-corrected chi connectivity index (χ2v) is 4.16. The van der Waals surface area contributed by atoms with Gasteiger partial charge in [-0.2, -0.15) is 0 Å². The highest BCUT2D eigenvalue weighted by molar-refractivity contribution is 5.90. The summed E-state index contributed by atoms with van der Waals surface area (Å²) >= 11 is 0. The SMILES string of the molecule is CCN(CCCO)C(=O)c1n[nH]c(C(C)C)n1. The van der Waals surface area contributed by atoms with Gasteiger partial charge in [0.05, 0.1) is 0 Å². The normalized spacial score (nSPS) is 10.9. The summed E-state index contributed by atoms with van der Waals surface area (Å²) in [6.07, 6.45) is 0.570. The zero-order chi connectivity index (χ0) is 12.8. The summed E-state index contributed by atoms with van der Waals surface area (Å²) in [5, 5.41) is 15.5. The molecule has 0 aromatic carbocycles. The summed E-state index contributed by atoms with van der Waals surface area (Å²) in [6, 6.07) is 0. The molecule has 0 atom stereocenters. The zero-order valence-corrected chi connectivity index (χ0v) is 10.6. The molecule has 0 radical (unpaired) electrons. The van der Waals surface area contributed by atoms with Crippen LogP contribution >= 0.6 is 0 Å². The molecule has 6 nitrogen and oxygen atoms in total. The van der Waals surface area contributed by atoms with Crippen molar-refractivity contribution in [2.24, 2.45) is 0 Å². The van der Waals surface area contributed by atoms with E-state index in [4.69, 9.17) is 5.11 Å². The average molecular weight is 240 g/mol. The van der Waals surface area contributed by atoms with E-state index in [1.54, 1.807) is 4.90 Å². The molecule has 0 aliphatic carbocycles. The van der Waals surface area contributed by atoms with Gasteiger partial charge in [-0.3, -0.25) is 9.89 Å². The first kappa shape index (κ1) is 13.6. The largest absolute Gasteiger partial charge is 0.396 e. The minimum absolute atomic E-state index is 0.0784. The van der Waals surface area contributed by atoms with Gasteiger partial charge in [0.15, 0.2) is 0 Å². The Morgan fingerprint density at radius 2 is 2.24 bits per heavy atom. The van der Waals surface area contributed by atoms with Crippen LogP contribution in [0, 0.1) is 0 Å². The summed E-state index contributed by atoms with van der Waals surface area (Å²) in [7, 11) is 0. The van der Waals surface area contributed by atoms with Crippen molar-refractivity contribution < 1.29 is 9.90 Å². The van der Waals surface area contributed by atoms with Gasteiger partial charge in [-0.1, -0.05) is 13.8 Å². The standard InChI is InChI=1S/C11H20N4O2/c1-4-15(6-5-7-16)11(17)10-12-9(8(2)3)13-14-10/h8,16H,4-7H2,1-3H3,(H,12,13,14). The van der Waals surface area contributed by atoms with Crippen LogP contribution in [-0.2, 0) is 0 Å². The molecule has 1 aromatic rings. The molecule has 6 heteroatoms. The monoisotopic (exact) mass is 240 g/mol. The molecule has 0 saturated carbocycles. The van der Waals surface area contributed by atoms with Crippen molar-refractivity contribution in [2.75, 3.05) is 19.7 Å². The van der Waals surface area contributed by atoms with E-state index < -0.39 is 0 Å². The van der Waals surface area contributed by atoms with Gasteiger partial charge in [0.2, 0.25) is 5.82 Å². The maximum absolute atomic E-state index is 12.0. The molecule has 2 N–H and O–H groups in total. The Morgan fingerprint density at radius 3 is 2.71 bits per heavy atom. The summed E-state index contributed by atoms with van der Waals surface area (Å²) in [6.45, 7) is 7.05. The summed E-state index contributed by atoms with van der Waals surface area (Å²) in [4.78, 5) is 17.8. The number of aliphatic hydroxyl groups is 1. The van der Waals surface area contributed by atoms with Crippen LogP contribution in [0.15, 0.2) is 0 Å². The first-order valence-corrected chi connectivity index (χ1v) is 5.92. The number of aliphatic hydroxyl groups excluding tert-OH is 1. The van der Waals surface area contributed by atoms with E-state index in [1.807, 2.05) is 20.8 Å². The lowest BCUT2D eigenvalue weighted by Gasteiger charge is -2.18. The Hall–Kier alpha value is -1.43. The second kappa shape index (κ2) is 6.34. The van der Waals surface area contributed by atoms with Crippen molar-refractivity contribution in [3.63, 3.8) is 0 Å². The third kappa shape index (κ3) is 3.52. The predicted octanol–water partition coefficient (Wildman–Crippen LogP) is 0.773. The molecule has 0 unspecified atom stereocenters. The van der Waals surface area contributed by atoms with Gasteiger partial charge >= 0.3 is 0 Å². The van der Waals surface area contributed by atoms with E-state index in [0.717, 1.165) is 0 Å². The molecular formula is C11H20N4O2. The highest BCUT2D eigenvalue weighted by Gasteiger charge is 2.19. The molecule has 96 valence electrons. The number of carbonyl (C=O) groups is 1. The van der Waals surface area contributed by atoms with Crippen molar-refractivity contribution in [2.45, 2.75) is 33.1 Å². The number of amides is 1. The number of rotatable bonds is 6. The van der Waals surface area contributed by atoms with Crippen molar-refractivity contribution in [3.8, 4) is 0 Å². The van der Waals surface area contributed by atoms with E-state index in [2.05, 4.69) is 15.2 Å². The average Bonchev–Trinajstić information content (AvgIpc) is 2.79. The number of H-pyrrole nitrogens is 1. The summed E-state index contributed by atoms with van der Waals surface area (Å²) in [5.74, 6) is 0.945. The van der Waals surface area contributed by atoms with Gasteiger partial charge in [0.1, 0.15) is 5.82 Å². The Morgan fingerprint density at radius 1 is 1.53 bits per heavy atom. The van der Waals surface area contributed by atoms with Crippen LogP contribution < -0.4 is 0 Å². The van der Waals surface area contributed by atoms with E-state index in [1.165, 1.54) is 0 Å². The van der Waals surface area contributed by atoms with Crippen LogP contribution in [0.4, 0.5) is 0 Å². The maximum atomic E-state index is 12.0. The molecule has 1 rings (SSSR count). The fourth-order valence-electron chi connectivity index (χ4n) is 1.43. The lowest BCUT2D eigenvalue weighted by Crippen LogP contribution is -2.33. The Balaban J connectivity index is 2.72. The molecule has 1 heterocycles. The number of aromatic nitrogens is 3. The number of nitrogens with one attached hydrogen (secondary N) is 1. The van der Waals surface area contributed by atoms with E-state index in [0.29, 0.717) is 25.3 Å². The first-order valence-electron chi connectivity index (χ1n) is 5.92. The quantitative estimate of drug-likeness (QED) is 0.769. The number of aromatic amines is 1. The van der Waals surface area contributed by atoms with E-state index >= 15 is 0 Å². The minimum atomic E-state index is -0.191. The van der Waals surface area contributed by atoms with Gasteiger partial charge in [0, 0.05) is 25.6 Å². The van der Waals surface area contributed by atoms with Gasteiger partial charge in [-0.15, -0.1) is 5.10 Å². The van der Waals surface area contributed by atoms with Crippen LogP contribution in [0.3, 0.4) is 0 Å². The minimum Gasteiger partial charge on any atom is -0.396 e. The highest BCUT2D eigenvalue weighted by atomic mass is 16.3. The lowest BCUT2D eigenvalue weighted by atomic mass is 10.2. The van der Waals surface area contributed by atoms with Crippen LogP contribution in [0.25, 0.3) is 0 Å². The van der Waals surface area contributed by atoms with Crippen LogP contribution in [0.5, 0.6) is 0 Å². The first-order chi connectivity index (χ1) is 8.10. The van der Waals surface area contributed by atoms with Crippen molar-refractivity contribution in [1.29, 1.82) is 0 Å². The second-order valence-electron chi connectivity index (χ2n) is 4.16. The number of nitrogens with zero attached hydrogens (tertiary/aromatic N) is 3. The highest BCUT2D eigenvalue weighted by Crippen LogP contribution is 2.09. The topological polar surface area (TPSA) is 82.1 Å². The molecule has 1 aromatic heterocycles. The van der Waals surface area contributed by atoms with Crippen LogP contribution in [0.2, 0.25) is 0 Å². The van der Waals surface area contributed by atoms with E-state index in [9.17, 15) is 4.79 Å². The van der Waals surface area contributed by atoms with Crippen LogP contribution in [-0.4, -0.2) is 50.8 Å². The van der Waals surface area contributed by atoms with E-state index in [-0.39, 0.29) is 24.3 Å². The maximum Gasteiger partial charge on any atom is 0.293 e. The fourth-order valence-corrected chi connectivity index (χ4v) is 1.43. The third-order valence-electron chi connectivity index (χ3n) is 2.50. The molecular weight excluding hydrogens is 220 g/mol. The zero-order valence-electron chi connectivity index (χ0n) is 10.6. The summed E-state index contributed by atoms with van der Waals surface area (Å²) in [5.41, 5.74) is 0. The van der Waals surface area contributed by atoms with Gasteiger partial charge < -0.3 is 10.0 Å². The smallest absolute Gasteiger partial charge is 0.293 e. The molecule has 17 heavy (non-hydrogen) atoms. The van der Waals surface area contributed by atoms with Crippen molar-refractivity contribution >= 4 is 5.91 Å². The predicted molar refractivity (Wildman–Crippen MR) is 63.8 cm³/mol. The summed E-state index contributed by atoms with van der Waals surface area (Å²) < 4.78 is 0. The number of hydrogen-bond donors (Lipinski definition) is 2.